The molecule has 0 aliphatic heterocycles. The molecule has 0 aromatic heterocycles. The first-order chi connectivity index (χ1) is 11.5. The highest BCUT2D eigenvalue weighted by atomic mass is 35.5. The molecule has 2 aromatic rings. The second-order valence-corrected chi connectivity index (χ2v) is 5.50. The molecule has 24 heavy (non-hydrogen) atoms. The summed E-state index contributed by atoms with van der Waals surface area (Å²) in [4.78, 5) is 35.5. The number of nitrogens with one attached hydrogen (secondary N) is 1. The van der Waals surface area contributed by atoms with Crippen molar-refractivity contribution < 1.29 is 19.1 Å². The Hall–Kier alpha value is -2.66. The van der Waals surface area contributed by atoms with Crippen molar-refractivity contribution in [3.8, 4) is 0 Å². The first kappa shape index (κ1) is 17.7. The highest BCUT2D eigenvalue weighted by molar-refractivity contribution is 6.30. The summed E-state index contributed by atoms with van der Waals surface area (Å²) in [6.45, 7) is 0.987. The van der Waals surface area contributed by atoms with Crippen molar-refractivity contribution in [2.75, 3.05) is 6.54 Å². The number of hydrogen-bond acceptors (Lipinski definition) is 4. The summed E-state index contributed by atoms with van der Waals surface area (Å²) in [6.07, 6.45) is -1.11. The van der Waals surface area contributed by atoms with Crippen LogP contribution in [0, 0.1) is 0 Å². The second kappa shape index (κ2) is 8.26. The summed E-state index contributed by atoms with van der Waals surface area (Å²) in [7, 11) is 0. The van der Waals surface area contributed by atoms with E-state index in [1.54, 1.807) is 54.6 Å². The molecule has 1 N–H and O–H groups in total. The number of rotatable bonds is 6. The molecule has 6 heteroatoms. The monoisotopic (exact) mass is 345 g/mol. The second-order valence-electron chi connectivity index (χ2n) is 5.06. The SMILES string of the molecule is CC(=O)NCC(=O)O[C@H](C(=O)c1ccccc1)c1ccc(Cl)cc1. The Kier molecular flexibility index (Phi) is 6.09. The van der Waals surface area contributed by atoms with Crippen molar-refractivity contribution in [3.63, 3.8) is 0 Å². The predicted octanol–water partition coefficient (Wildman–Crippen LogP) is 2.94. The van der Waals surface area contributed by atoms with Crippen LogP contribution in [0.3, 0.4) is 0 Å². The fourth-order valence-corrected chi connectivity index (χ4v) is 2.16. The average Bonchev–Trinajstić information content (AvgIpc) is 2.59. The molecule has 0 unspecified atom stereocenters. The summed E-state index contributed by atoms with van der Waals surface area (Å²) >= 11 is 5.86. The van der Waals surface area contributed by atoms with Crippen LogP contribution >= 0.6 is 11.6 Å². The van der Waals surface area contributed by atoms with Crippen LogP contribution in [-0.4, -0.2) is 24.2 Å². The predicted molar refractivity (Wildman–Crippen MR) is 89.7 cm³/mol. The van der Waals surface area contributed by atoms with Crippen LogP contribution in [0.1, 0.15) is 28.9 Å². The Balaban J connectivity index is 2.24. The fraction of sp³-hybridized carbons (Fsp3) is 0.167. The highest BCUT2D eigenvalue weighted by Gasteiger charge is 2.26. The van der Waals surface area contributed by atoms with Gasteiger partial charge in [-0.3, -0.25) is 14.4 Å². The number of Topliss-reactive ketones (excluding diaryl/α,β-unsaturated/α-hetero) is 1. The van der Waals surface area contributed by atoms with Gasteiger partial charge in [0.1, 0.15) is 6.54 Å². The van der Waals surface area contributed by atoms with E-state index < -0.39 is 12.1 Å². The van der Waals surface area contributed by atoms with Gasteiger partial charge in [0.15, 0.2) is 6.10 Å². The molecular formula is C18H16ClNO4. The van der Waals surface area contributed by atoms with Gasteiger partial charge in [-0.25, -0.2) is 0 Å². The minimum atomic E-state index is -1.11. The summed E-state index contributed by atoms with van der Waals surface area (Å²) < 4.78 is 5.30. The van der Waals surface area contributed by atoms with Gasteiger partial charge in [-0.05, 0) is 12.1 Å². The van der Waals surface area contributed by atoms with Crippen LogP contribution in [0.25, 0.3) is 0 Å². The third-order valence-electron chi connectivity index (χ3n) is 3.20. The molecule has 0 fully saturated rings. The summed E-state index contributed by atoms with van der Waals surface area (Å²) in [6, 6.07) is 15.0. The van der Waals surface area contributed by atoms with Gasteiger partial charge in [0.2, 0.25) is 11.7 Å². The number of carbonyl (C=O) groups is 3. The van der Waals surface area contributed by atoms with Crippen LogP contribution in [0.15, 0.2) is 54.6 Å². The van der Waals surface area contributed by atoms with E-state index in [-0.39, 0.29) is 18.2 Å². The van der Waals surface area contributed by atoms with Gasteiger partial charge < -0.3 is 10.1 Å². The maximum atomic E-state index is 12.7. The minimum absolute atomic E-state index is 0.304. The van der Waals surface area contributed by atoms with Crippen molar-refractivity contribution in [1.29, 1.82) is 0 Å². The molecule has 0 heterocycles. The molecule has 2 rings (SSSR count). The zero-order valence-electron chi connectivity index (χ0n) is 13.0. The van der Waals surface area contributed by atoms with Crippen LogP contribution in [-0.2, 0) is 14.3 Å². The van der Waals surface area contributed by atoms with Crippen molar-refractivity contribution in [2.45, 2.75) is 13.0 Å². The van der Waals surface area contributed by atoms with E-state index >= 15 is 0 Å². The van der Waals surface area contributed by atoms with Gasteiger partial charge in [0.25, 0.3) is 0 Å². The Labute approximate surface area is 144 Å². The van der Waals surface area contributed by atoms with Crippen molar-refractivity contribution in [2.24, 2.45) is 0 Å². The van der Waals surface area contributed by atoms with E-state index in [1.165, 1.54) is 6.92 Å². The number of ketones is 1. The zero-order chi connectivity index (χ0) is 17.5. The Morgan fingerprint density at radius 2 is 1.67 bits per heavy atom. The number of benzene rings is 2. The Morgan fingerprint density at radius 3 is 2.25 bits per heavy atom. The number of esters is 1. The fourth-order valence-electron chi connectivity index (χ4n) is 2.03. The van der Waals surface area contributed by atoms with Gasteiger partial charge in [0.05, 0.1) is 0 Å². The summed E-state index contributed by atoms with van der Waals surface area (Å²) in [5, 5.41) is 2.85. The zero-order valence-corrected chi connectivity index (χ0v) is 13.7. The number of halogens is 1. The molecule has 0 radical (unpaired) electrons. The number of amides is 1. The third-order valence-corrected chi connectivity index (χ3v) is 3.45. The minimum Gasteiger partial charge on any atom is -0.448 e. The quantitative estimate of drug-likeness (QED) is 0.645. The molecule has 1 atom stereocenters. The van der Waals surface area contributed by atoms with E-state index in [0.29, 0.717) is 16.1 Å². The van der Waals surface area contributed by atoms with E-state index in [1.807, 2.05) is 0 Å². The van der Waals surface area contributed by atoms with E-state index in [2.05, 4.69) is 5.32 Å². The van der Waals surface area contributed by atoms with Crippen LogP contribution < -0.4 is 5.32 Å². The molecule has 1 amide bonds. The normalized spacial score (nSPS) is 11.4. The van der Waals surface area contributed by atoms with Crippen LogP contribution in [0.5, 0.6) is 0 Å². The summed E-state index contributed by atoms with van der Waals surface area (Å²) in [5.41, 5.74) is 0.925. The lowest BCUT2D eigenvalue weighted by Crippen LogP contribution is -2.31. The van der Waals surface area contributed by atoms with Gasteiger partial charge in [-0.15, -0.1) is 0 Å². The Morgan fingerprint density at radius 1 is 1.04 bits per heavy atom. The molecule has 0 aliphatic carbocycles. The van der Waals surface area contributed by atoms with Crippen molar-refractivity contribution in [3.05, 3.63) is 70.7 Å². The molecule has 5 nitrogen and oxygen atoms in total. The first-order valence-electron chi connectivity index (χ1n) is 7.26. The van der Waals surface area contributed by atoms with Crippen LogP contribution in [0.4, 0.5) is 0 Å². The van der Waals surface area contributed by atoms with E-state index in [4.69, 9.17) is 16.3 Å². The largest absolute Gasteiger partial charge is 0.448 e. The van der Waals surface area contributed by atoms with Gasteiger partial charge in [-0.2, -0.15) is 0 Å². The van der Waals surface area contributed by atoms with Gasteiger partial charge in [0, 0.05) is 23.1 Å². The standard InChI is InChI=1S/C18H16ClNO4/c1-12(21)20-11-16(22)24-18(14-7-9-15(19)10-8-14)17(23)13-5-3-2-4-6-13/h2-10,18H,11H2,1H3,(H,20,21)/t18-/m0/s1. The smallest absolute Gasteiger partial charge is 0.326 e. The van der Waals surface area contributed by atoms with Crippen molar-refractivity contribution >= 4 is 29.3 Å². The third kappa shape index (κ3) is 4.93. The maximum absolute atomic E-state index is 12.7. The van der Waals surface area contributed by atoms with E-state index in [0.717, 1.165) is 0 Å². The maximum Gasteiger partial charge on any atom is 0.326 e. The lowest BCUT2D eigenvalue weighted by Gasteiger charge is -2.17. The van der Waals surface area contributed by atoms with E-state index in [9.17, 15) is 14.4 Å². The molecule has 0 saturated heterocycles. The van der Waals surface area contributed by atoms with Crippen LogP contribution in [0.2, 0.25) is 5.02 Å². The number of carbonyl (C=O) groups excluding carboxylic acids is 3. The summed E-state index contributed by atoms with van der Waals surface area (Å²) in [5.74, 6) is -1.41. The Bertz CT molecular complexity index is 728. The molecule has 0 aliphatic rings. The number of hydrogen-bond donors (Lipinski definition) is 1. The molecular weight excluding hydrogens is 330 g/mol. The van der Waals surface area contributed by atoms with Gasteiger partial charge >= 0.3 is 5.97 Å². The van der Waals surface area contributed by atoms with Gasteiger partial charge in [-0.1, -0.05) is 54.1 Å². The molecule has 124 valence electrons. The topological polar surface area (TPSA) is 72.5 Å². The number of ether oxygens (including phenoxy) is 1. The first-order valence-corrected chi connectivity index (χ1v) is 7.64. The molecule has 0 spiro atoms. The molecule has 2 aromatic carbocycles. The lowest BCUT2D eigenvalue weighted by molar-refractivity contribution is -0.147. The lowest BCUT2D eigenvalue weighted by atomic mass is 10.00. The van der Waals surface area contributed by atoms with Crippen molar-refractivity contribution in [1.82, 2.24) is 5.32 Å². The average molecular weight is 346 g/mol. The highest BCUT2D eigenvalue weighted by Crippen LogP contribution is 2.24. The molecule has 0 saturated carbocycles. The molecule has 0 bridgehead atoms.